The Kier molecular flexibility index (Phi) is 2.23. The van der Waals surface area contributed by atoms with Gasteiger partial charge in [0.05, 0.1) is 17.9 Å². The smallest absolute Gasteiger partial charge is 0.310 e. The van der Waals surface area contributed by atoms with Gasteiger partial charge < -0.3 is 4.74 Å². The molecule has 0 aliphatic heterocycles. The minimum Gasteiger partial charge on any atom is -0.469 e. The van der Waals surface area contributed by atoms with Gasteiger partial charge in [-0.15, -0.1) is 11.6 Å². The molecule has 1 aliphatic carbocycles. The largest absolute Gasteiger partial charge is 0.469 e. The van der Waals surface area contributed by atoms with Crippen LogP contribution in [0.1, 0.15) is 12.0 Å². The first-order chi connectivity index (χ1) is 6.68. The van der Waals surface area contributed by atoms with Crippen molar-refractivity contribution >= 4 is 17.6 Å². The standard InChI is InChI=1S/C11H11ClO2/c1-14-10(13)9-7-11(9,12)8-5-3-2-4-6-8/h2-6,9H,7H2,1H3/t9-,11+/m1/s1. The van der Waals surface area contributed by atoms with Gasteiger partial charge in [-0.05, 0) is 12.0 Å². The molecule has 0 spiro atoms. The van der Waals surface area contributed by atoms with Crippen LogP contribution in [0.3, 0.4) is 0 Å². The van der Waals surface area contributed by atoms with Gasteiger partial charge in [0.25, 0.3) is 0 Å². The first-order valence-electron chi connectivity index (χ1n) is 4.51. The number of hydrogen-bond acceptors (Lipinski definition) is 2. The van der Waals surface area contributed by atoms with E-state index in [0.29, 0.717) is 6.42 Å². The van der Waals surface area contributed by atoms with Crippen LogP contribution >= 0.6 is 11.6 Å². The minimum absolute atomic E-state index is 0.184. The predicted octanol–water partition coefficient (Wildman–Crippen LogP) is 2.31. The number of ether oxygens (including phenoxy) is 1. The summed E-state index contributed by atoms with van der Waals surface area (Å²) in [5, 5.41) is 0. The molecule has 2 nitrogen and oxygen atoms in total. The van der Waals surface area contributed by atoms with Gasteiger partial charge >= 0.3 is 5.97 Å². The number of hydrogen-bond donors (Lipinski definition) is 0. The minimum atomic E-state index is -0.519. The van der Waals surface area contributed by atoms with Crippen LogP contribution in [-0.2, 0) is 14.4 Å². The van der Waals surface area contributed by atoms with E-state index in [0.717, 1.165) is 5.56 Å². The van der Waals surface area contributed by atoms with Gasteiger partial charge in [-0.2, -0.15) is 0 Å². The monoisotopic (exact) mass is 210 g/mol. The summed E-state index contributed by atoms with van der Waals surface area (Å²) in [7, 11) is 1.39. The maximum Gasteiger partial charge on any atom is 0.310 e. The molecule has 0 aromatic heterocycles. The second-order valence-corrected chi connectivity index (χ2v) is 4.18. The molecule has 0 N–H and O–H groups in total. The highest BCUT2D eigenvalue weighted by molar-refractivity contribution is 6.28. The van der Waals surface area contributed by atoms with Gasteiger partial charge in [-0.1, -0.05) is 30.3 Å². The average molecular weight is 211 g/mol. The fourth-order valence-corrected chi connectivity index (χ4v) is 2.05. The van der Waals surface area contributed by atoms with E-state index in [9.17, 15) is 4.79 Å². The molecule has 1 fully saturated rings. The number of halogens is 1. The van der Waals surface area contributed by atoms with Crippen molar-refractivity contribution in [1.82, 2.24) is 0 Å². The second-order valence-electron chi connectivity index (χ2n) is 3.51. The Hall–Kier alpha value is -1.02. The first-order valence-corrected chi connectivity index (χ1v) is 4.88. The van der Waals surface area contributed by atoms with Crippen molar-refractivity contribution in [3.63, 3.8) is 0 Å². The van der Waals surface area contributed by atoms with Crippen molar-refractivity contribution in [3.8, 4) is 0 Å². The number of carbonyl (C=O) groups is 1. The van der Waals surface area contributed by atoms with E-state index in [1.807, 2.05) is 30.3 Å². The van der Waals surface area contributed by atoms with Crippen LogP contribution in [0.4, 0.5) is 0 Å². The summed E-state index contributed by atoms with van der Waals surface area (Å²) in [6, 6.07) is 9.66. The SMILES string of the molecule is COC(=O)[C@H]1C[C@]1(Cl)c1ccccc1. The van der Waals surface area contributed by atoms with Crippen LogP contribution in [0.15, 0.2) is 30.3 Å². The Morgan fingerprint density at radius 3 is 2.71 bits per heavy atom. The number of alkyl halides is 1. The zero-order chi connectivity index (χ0) is 10.2. The van der Waals surface area contributed by atoms with E-state index in [-0.39, 0.29) is 11.9 Å². The van der Waals surface area contributed by atoms with E-state index in [2.05, 4.69) is 4.74 Å². The molecule has 0 heterocycles. The lowest BCUT2D eigenvalue weighted by molar-refractivity contribution is -0.142. The summed E-state index contributed by atoms with van der Waals surface area (Å²) in [5.74, 6) is -0.402. The van der Waals surface area contributed by atoms with E-state index in [1.54, 1.807) is 0 Å². The molecular weight excluding hydrogens is 200 g/mol. The number of benzene rings is 1. The van der Waals surface area contributed by atoms with Crippen LogP contribution in [0.25, 0.3) is 0 Å². The number of rotatable bonds is 2. The summed E-state index contributed by atoms with van der Waals surface area (Å²) < 4.78 is 4.67. The van der Waals surface area contributed by atoms with Crippen molar-refractivity contribution in [2.45, 2.75) is 11.3 Å². The summed E-state index contributed by atoms with van der Waals surface area (Å²) >= 11 is 6.31. The van der Waals surface area contributed by atoms with Gasteiger partial charge in [-0.25, -0.2) is 0 Å². The molecule has 1 saturated carbocycles. The van der Waals surface area contributed by atoms with Crippen LogP contribution in [-0.4, -0.2) is 13.1 Å². The van der Waals surface area contributed by atoms with Gasteiger partial charge in [0.15, 0.2) is 0 Å². The van der Waals surface area contributed by atoms with Gasteiger partial charge in [-0.3, -0.25) is 4.79 Å². The van der Waals surface area contributed by atoms with E-state index in [1.165, 1.54) is 7.11 Å². The van der Waals surface area contributed by atoms with Gasteiger partial charge in [0.2, 0.25) is 0 Å². The second kappa shape index (κ2) is 3.28. The molecule has 2 rings (SSSR count). The van der Waals surface area contributed by atoms with E-state index >= 15 is 0 Å². The van der Waals surface area contributed by atoms with Crippen LogP contribution in [0.2, 0.25) is 0 Å². The first kappa shape index (κ1) is 9.53. The van der Waals surface area contributed by atoms with Crippen molar-refractivity contribution in [2.24, 2.45) is 5.92 Å². The molecular formula is C11H11ClO2. The van der Waals surface area contributed by atoms with E-state index < -0.39 is 4.87 Å². The molecule has 1 aromatic carbocycles. The lowest BCUT2D eigenvalue weighted by Gasteiger charge is -2.07. The Morgan fingerprint density at radius 1 is 1.50 bits per heavy atom. The fraction of sp³-hybridized carbons (Fsp3) is 0.364. The van der Waals surface area contributed by atoms with Crippen LogP contribution < -0.4 is 0 Å². The lowest BCUT2D eigenvalue weighted by atomic mass is 10.1. The summed E-state index contributed by atoms with van der Waals surface area (Å²) in [6.45, 7) is 0. The summed E-state index contributed by atoms with van der Waals surface area (Å²) in [6.07, 6.45) is 0.672. The van der Waals surface area contributed by atoms with Gasteiger partial charge in [0.1, 0.15) is 0 Å². The number of esters is 1. The zero-order valence-corrected chi connectivity index (χ0v) is 8.62. The molecule has 1 aromatic rings. The molecule has 74 valence electrons. The molecule has 2 atom stereocenters. The number of carbonyl (C=O) groups excluding carboxylic acids is 1. The molecule has 0 saturated heterocycles. The summed E-state index contributed by atoms with van der Waals surface area (Å²) in [4.78, 5) is 10.7. The van der Waals surface area contributed by atoms with Crippen molar-refractivity contribution < 1.29 is 9.53 Å². The highest BCUT2D eigenvalue weighted by atomic mass is 35.5. The Balaban J connectivity index is 2.19. The third kappa shape index (κ3) is 1.40. The highest BCUT2D eigenvalue weighted by Gasteiger charge is 2.59. The maximum atomic E-state index is 11.3. The van der Waals surface area contributed by atoms with Crippen molar-refractivity contribution in [3.05, 3.63) is 35.9 Å². The molecule has 0 bridgehead atoms. The Labute approximate surface area is 87.8 Å². The molecule has 3 heteroatoms. The van der Waals surface area contributed by atoms with Crippen LogP contribution in [0, 0.1) is 5.92 Å². The molecule has 0 radical (unpaired) electrons. The van der Waals surface area contributed by atoms with Crippen molar-refractivity contribution in [1.29, 1.82) is 0 Å². The number of methoxy groups -OCH3 is 1. The van der Waals surface area contributed by atoms with Gasteiger partial charge in [0, 0.05) is 0 Å². The molecule has 1 aliphatic rings. The topological polar surface area (TPSA) is 26.3 Å². The Morgan fingerprint density at radius 2 is 2.14 bits per heavy atom. The molecule has 0 unspecified atom stereocenters. The highest BCUT2D eigenvalue weighted by Crippen LogP contribution is 2.58. The maximum absolute atomic E-state index is 11.3. The lowest BCUT2D eigenvalue weighted by Crippen LogP contribution is -2.10. The average Bonchev–Trinajstić information content (AvgIpc) is 2.93. The quantitative estimate of drug-likeness (QED) is 0.553. The predicted molar refractivity (Wildman–Crippen MR) is 54.1 cm³/mol. The molecule has 14 heavy (non-hydrogen) atoms. The van der Waals surface area contributed by atoms with Crippen molar-refractivity contribution in [2.75, 3.05) is 7.11 Å². The third-order valence-electron chi connectivity index (χ3n) is 2.63. The normalized spacial score (nSPS) is 29.7. The zero-order valence-electron chi connectivity index (χ0n) is 7.87. The Bertz CT molecular complexity index is 350. The van der Waals surface area contributed by atoms with Crippen LogP contribution in [0.5, 0.6) is 0 Å². The van der Waals surface area contributed by atoms with E-state index in [4.69, 9.17) is 11.6 Å². The molecule has 0 amide bonds. The summed E-state index contributed by atoms with van der Waals surface area (Å²) in [5.41, 5.74) is 0.997. The third-order valence-corrected chi connectivity index (χ3v) is 3.27. The fourth-order valence-electron chi connectivity index (χ4n) is 1.68.